The van der Waals surface area contributed by atoms with Crippen molar-refractivity contribution in [2.45, 2.75) is 33.1 Å². The Morgan fingerprint density at radius 2 is 1.80 bits per heavy atom. The summed E-state index contributed by atoms with van der Waals surface area (Å²) in [6.07, 6.45) is 8.07. The van der Waals surface area contributed by atoms with E-state index in [0.29, 0.717) is 42.5 Å². The Bertz CT molecular complexity index is 1760. The van der Waals surface area contributed by atoms with Crippen LogP contribution in [0.4, 0.5) is 17.3 Å². The van der Waals surface area contributed by atoms with Gasteiger partial charge in [-0.2, -0.15) is 9.19 Å². The van der Waals surface area contributed by atoms with Crippen molar-refractivity contribution < 1.29 is 16.8 Å². The van der Waals surface area contributed by atoms with Gasteiger partial charge in [-0.15, -0.1) is 0 Å². The number of hydrogen-bond donors (Lipinski definition) is 1. The largest absolute Gasteiger partial charge is 0.370 e. The number of nitrogens with zero attached hydrogens (tertiary/aromatic N) is 6. The summed E-state index contributed by atoms with van der Waals surface area (Å²) in [5, 5.41) is 9.32. The van der Waals surface area contributed by atoms with Gasteiger partial charge < -0.3 is 10.2 Å². The molecule has 0 amide bonds. The number of anilines is 3. The molecule has 1 N–H and O–H groups in total. The lowest BCUT2D eigenvalue weighted by molar-refractivity contribution is 0.445. The molecule has 0 aliphatic carbocycles. The van der Waals surface area contributed by atoms with Gasteiger partial charge in [0.1, 0.15) is 21.5 Å². The van der Waals surface area contributed by atoms with Crippen molar-refractivity contribution in [2.75, 3.05) is 41.1 Å². The fourth-order valence-corrected chi connectivity index (χ4v) is 7.25. The van der Waals surface area contributed by atoms with E-state index < -0.39 is 19.9 Å². The molecule has 11 nitrogen and oxygen atoms in total. The van der Waals surface area contributed by atoms with Crippen LogP contribution in [0.5, 0.6) is 0 Å². The molecule has 0 saturated carbocycles. The average molecular weight is 584 g/mol. The van der Waals surface area contributed by atoms with E-state index in [1.54, 1.807) is 19.2 Å². The van der Waals surface area contributed by atoms with E-state index in [1.807, 2.05) is 12.3 Å². The molecule has 1 aliphatic rings. The van der Waals surface area contributed by atoms with Crippen LogP contribution >= 0.6 is 0 Å². The van der Waals surface area contributed by atoms with E-state index in [4.69, 9.17) is 0 Å². The summed E-state index contributed by atoms with van der Waals surface area (Å²) in [5.74, 6) is 2.08. The SMILES string of the molecule is CCCS(=O)(=O)n1cc(-c2nccc(Nc3cc4c(C(C)C)ccc(N5CC(CS(C)(=O)=O)C5)c4cn3)n2)cn1. The van der Waals surface area contributed by atoms with Gasteiger partial charge in [-0.1, -0.05) is 26.8 Å². The zero-order chi connectivity index (χ0) is 28.7. The summed E-state index contributed by atoms with van der Waals surface area (Å²) in [4.78, 5) is 15.7. The number of sulfone groups is 1. The Morgan fingerprint density at radius 1 is 1.02 bits per heavy atom. The number of aromatic nitrogens is 5. The Labute approximate surface area is 234 Å². The average Bonchev–Trinajstić information content (AvgIpc) is 3.36. The molecule has 0 atom stereocenters. The van der Waals surface area contributed by atoms with Gasteiger partial charge in [-0.25, -0.2) is 31.8 Å². The molecule has 0 bridgehead atoms. The van der Waals surface area contributed by atoms with E-state index in [2.05, 4.69) is 56.2 Å². The monoisotopic (exact) mass is 583 g/mol. The van der Waals surface area contributed by atoms with Gasteiger partial charge in [0.15, 0.2) is 5.82 Å². The van der Waals surface area contributed by atoms with E-state index in [9.17, 15) is 16.8 Å². The summed E-state index contributed by atoms with van der Waals surface area (Å²) in [6.45, 7) is 7.48. The maximum atomic E-state index is 12.3. The lowest BCUT2D eigenvalue weighted by atomic mass is 9.93. The summed E-state index contributed by atoms with van der Waals surface area (Å²) in [7, 11) is -6.52. The van der Waals surface area contributed by atoms with Crippen LogP contribution in [0.3, 0.4) is 0 Å². The number of benzene rings is 1. The third-order valence-electron chi connectivity index (χ3n) is 6.85. The van der Waals surface area contributed by atoms with Crippen LogP contribution in [0.1, 0.15) is 38.7 Å². The van der Waals surface area contributed by atoms with Crippen LogP contribution < -0.4 is 10.2 Å². The minimum Gasteiger partial charge on any atom is -0.370 e. The van der Waals surface area contributed by atoms with Crippen molar-refractivity contribution in [1.29, 1.82) is 0 Å². The fraction of sp³-hybridized carbons (Fsp3) is 0.407. The molecular formula is C27H33N7O4S2. The summed E-state index contributed by atoms with van der Waals surface area (Å²) < 4.78 is 49.0. The molecule has 0 unspecified atom stereocenters. The Morgan fingerprint density at radius 3 is 2.50 bits per heavy atom. The third kappa shape index (κ3) is 5.94. The molecule has 13 heteroatoms. The van der Waals surface area contributed by atoms with Crippen LogP contribution in [0.15, 0.2) is 49.1 Å². The van der Waals surface area contributed by atoms with E-state index in [0.717, 1.165) is 20.5 Å². The first-order valence-electron chi connectivity index (χ1n) is 13.2. The first-order valence-corrected chi connectivity index (χ1v) is 16.8. The van der Waals surface area contributed by atoms with Crippen molar-refractivity contribution in [1.82, 2.24) is 24.1 Å². The molecule has 1 aromatic carbocycles. The number of nitrogens with one attached hydrogen (secondary N) is 1. The molecule has 1 fully saturated rings. The van der Waals surface area contributed by atoms with Crippen LogP contribution in [0.2, 0.25) is 0 Å². The number of pyridine rings is 1. The highest BCUT2D eigenvalue weighted by Crippen LogP contribution is 2.37. The van der Waals surface area contributed by atoms with Crippen LogP contribution in [0.25, 0.3) is 22.2 Å². The van der Waals surface area contributed by atoms with Gasteiger partial charge in [0.2, 0.25) is 0 Å². The van der Waals surface area contributed by atoms with Gasteiger partial charge in [-0.05, 0) is 41.5 Å². The smallest absolute Gasteiger partial charge is 0.253 e. The van der Waals surface area contributed by atoms with Crippen molar-refractivity contribution in [3.05, 3.63) is 54.6 Å². The summed E-state index contributed by atoms with van der Waals surface area (Å²) in [6, 6.07) is 7.94. The Kier molecular flexibility index (Phi) is 7.53. The topological polar surface area (TPSA) is 140 Å². The maximum Gasteiger partial charge on any atom is 0.253 e. The van der Waals surface area contributed by atoms with Gasteiger partial charge in [0.05, 0.1) is 29.5 Å². The van der Waals surface area contributed by atoms with E-state index in [1.165, 1.54) is 24.2 Å². The number of rotatable bonds is 10. The van der Waals surface area contributed by atoms with Crippen LogP contribution in [0, 0.1) is 5.92 Å². The molecule has 5 rings (SSSR count). The number of fused-ring (bicyclic) bond motifs is 1. The normalized spacial score (nSPS) is 14.6. The van der Waals surface area contributed by atoms with Crippen molar-refractivity contribution in [3.63, 3.8) is 0 Å². The van der Waals surface area contributed by atoms with Crippen molar-refractivity contribution in [2.24, 2.45) is 5.92 Å². The lowest BCUT2D eigenvalue weighted by Crippen LogP contribution is -2.49. The molecule has 0 spiro atoms. The summed E-state index contributed by atoms with van der Waals surface area (Å²) in [5.41, 5.74) is 2.72. The molecule has 4 heterocycles. The Balaban J connectivity index is 1.41. The highest BCUT2D eigenvalue weighted by Gasteiger charge is 2.31. The molecule has 0 radical (unpaired) electrons. The van der Waals surface area contributed by atoms with Gasteiger partial charge >= 0.3 is 0 Å². The highest BCUT2D eigenvalue weighted by molar-refractivity contribution is 7.90. The molecular weight excluding hydrogens is 550 g/mol. The van der Waals surface area contributed by atoms with Crippen molar-refractivity contribution in [3.8, 4) is 11.4 Å². The minimum atomic E-state index is -3.51. The quantitative estimate of drug-likeness (QED) is 0.293. The Hall–Kier alpha value is -3.58. The number of hydrogen-bond acceptors (Lipinski definition) is 10. The van der Waals surface area contributed by atoms with Gasteiger partial charge in [-0.3, -0.25) is 0 Å². The molecule has 1 saturated heterocycles. The lowest BCUT2D eigenvalue weighted by Gasteiger charge is -2.41. The van der Waals surface area contributed by atoms with Crippen molar-refractivity contribution >= 4 is 48.0 Å². The molecule has 3 aromatic heterocycles. The van der Waals surface area contributed by atoms with E-state index >= 15 is 0 Å². The molecule has 212 valence electrons. The predicted octanol–water partition coefficient (Wildman–Crippen LogP) is 3.82. The fourth-order valence-electron chi connectivity index (χ4n) is 5.02. The third-order valence-corrected chi connectivity index (χ3v) is 9.62. The maximum absolute atomic E-state index is 12.3. The zero-order valence-corrected chi connectivity index (χ0v) is 24.6. The van der Waals surface area contributed by atoms with Crippen LogP contribution in [-0.4, -0.2) is 71.8 Å². The highest BCUT2D eigenvalue weighted by atomic mass is 32.2. The summed E-state index contributed by atoms with van der Waals surface area (Å²) >= 11 is 0. The predicted molar refractivity (Wildman–Crippen MR) is 157 cm³/mol. The first kappa shape index (κ1) is 28.0. The van der Waals surface area contributed by atoms with Gasteiger partial charge in [0.25, 0.3) is 10.0 Å². The van der Waals surface area contributed by atoms with E-state index in [-0.39, 0.29) is 23.3 Å². The van der Waals surface area contributed by atoms with Gasteiger partial charge in [0, 0.05) is 48.7 Å². The zero-order valence-electron chi connectivity index (χ0n) is 22.9. The second-order valence-electron chi connectivity index (χ2n) is 10.6. The minimum absolute atomic E-state index is 0.00325. The molecule has 40 heavy (non-hydrogen) atoms. The first-order chi connectivity index (χ1) is 18.9. The standard InChI is InChI=1S/C27H33N7O4S2/c1-5-10-40(37,38)34-16-20(12-30-34)27-28-9-8-25(32-27)31-26-11-22-21(18(2)3)6-7-24(23(22)13-29-26)33-14-19(15-33)17-39(4,35)36/h6-9,11-13,16,18-19H,5,10,14-15,17H2,1-4H3,(H,28,29,31,32). The molecule has 4 aromatic rings. The molecule has 1 aliphatic heterocycles. The second-order valence-corrected chi connectivity index (χ2v) is 14.7. The van der Waals surface area contributed by atoms with Crippen LogP contribution in [-0.2, 0) is 19.9 Å². The second kappa shape index (κ2) is 10.8.